The number of hydrogen-bond acceptors (Lipinski definition) is 5. The lowest BCUT2D eigenvalue weighted by atomic mass is 10.3. The molecule has 1 heterocycles. The minimum atomic E-state index is 0.637. The molecule has 0 unspecified atom stereocenters. The van der Waals surface area contributed by atoms with Gasteiger partial charge in [-0.3, -0.25) is 4.90 Å². The van der Waals surface area contributed by atoms with Crippen molar-refractivity contribution in [2.24, 2.45) is 5.73 Å². The van der Waals surface area contributed by atoms with Gasteiger partial charge < -0.3 is 20.5 Å². The molecule has 19 heavy (non-hydrogen) atoms. The van der Waals surface area contributed by atoms with E-state index in [1.54, 1.807) is 0 Å². The third kappa shape index (κ3) is 5.06. The third-order valence-electron chi connectivity index (χ3n) is 3.11. The Balaban J connectivity index is 1.67. The molecular weight excluding hydrogens is 242 g/mol. The van der Waals surface area contributed by atoms with E-state index >= 15 is 0 Å². The number of nitrogens with zero attached hydrogens (tertiary/aromatic N) is 1. The molecule has 0 bridgehead atoms. The summed E-state index contributed by atoms with van der Waals surface area (Å²) in [5, 5.41) is 3.23. The Morgan fingerprint density at radius 3 is 2.63 bits per heavy atom. The smallest absolute Gasteiger partial charge is 0.119 e. The fraction of sp³-hybridized carbons (Fsp3) is 0.571. The first kappa shape index (κ1) is 14.1. The molecule has 5 heteroatoms. The minimum absolute atomic E-state index is 0.637. The van der Waals surface area contributed by atoms with Crippen LogP contribution in [0.1, 0.15) is 0 Å². The molecule has 0 saturated carbocycles. The molecule has 1 saturated heterocycles. The second kappa shape index (κ2) is 7.99. The molecule has 0 atom stereocenters. The van der Waals surface area contributed by atoms with E-state index in [0.717, 1.165) is 57.4 Å². The van der Waals surface area contributed by atoms with Gasteiger partial charge in [-0.2, -0.15) is 0 Å². The molecule has 106 valence electrons. The van der Waals surface area contributed by atoms with Crippen molar-refractivity contribution in [1.82, 2.24) is 4.90 Å². The Hall–Kier alpha value is -1.30. The molecule has 1 aromatic rings. The molecule has 0 aliphatic carbocycles. The van der Waals surface area contributed by atoms with Gasteiger partial charge in [0, 0.05) is 38.4 Å². The van der Waals surface area contributed by atoms with Crippen molar-refractivity contribution >= 4 is 5.69 Å². The van der Waals surface area contributed by atoms with Crippen molar-refractivity contribution in [3.63, 3.8) is 0 Å². The van der Waals surface area contributed by atoms with Crippen LogP contribution in [-0.4, -0.2) is 57.4 Å². The lowest BCUT2D eigenvalue weighted by Gasteiger charge is -2.26. The standard InChI is InChI=1S/C14H23N3O2/c15-5-6-16-13-1-3-14(4-2-13)19-12-9-17-7-10-18-11-8-17/h1-4,16H,5-12,15H2. The highest BCUT2D eigenvalue weighted by molar-refractivity contribution is 5.46. The lowest BCUT2D eigenvalue weighted by molar-refractivity contribution is 0.0322. The van der Waals surface area contributed by atoms with Crippen LogP contribution in [0, 0.1) is 0 Å². The highest BCUT2D eigenvalue weighted by Gasteiger charge is 2.09. The predicted molar refractivity (Wildman–Crippen MR) is 76.7 cm³/mol. The second-order valence-corrected chi connectivity index (χ2v) is 4.54. The molecule has 0 amide bonds. The number of benzene rings is 1. The van der Waals surface area contributed by atoms with Gasteiger partial charge in [0.2, 0.25) is 0 Å². The van der Waals surface area contributed by atoms with Crippen molar-refractivity contribution in [3.8, 4) is 5.75 Å². The van der Waals surface area contributed by atoms with Crippen LogP contribution >= 0.6 is 0 Å². The van der Waals surface area contributed by atoms with Crippen LogP contribution in [0.15, 0.2) is 24.3 Å². The Labute approximate surface area is 114 Å². The van der Waals surface area contributed by atoms with Gasteiger partial charge in [0.25, 0.3) is 0 Å². The normalized spacial score (nSPS) is 16.3. The number of morpholine rings is 1. The zero-order chi connectivity index (χ0) is 13.3. The molecule has 1 aliphatic heterocycles. The molecule has 3 N–H and O–H groups in total. The molecular formula is C14H23N3O2. The van der Waals surface area contributed by atoms with Crippen LogP contribution in [0.5, 0.6) is 5.75 Å². The van der Waals surface area contributed by atoms with Crippen LogP contribution in [0.25, 0.3) is 0 Å². The van der Waals surface area contributed by atoms with E-state index in [-0.39, 0.29) is 0 Å². The van der Waals surface area contributed by atoms with E-state index in [2.05, 4.69) is 10.2 Å². The maximum Gasteiger partial charge on any atom is 0.119 e. The number of anilines is 1. The number of rotatable bonds is 7. The molecule has 0 radical (unpaired) electrons. The van der Waals surface area contributed by atoms with Crippen LogP contribution in [0.4, 0.5) is 5.69 Å². The van der Waals surface area contributed by atoms with Crippen molar-refractivity contribution < 1.29 is 9.47 Å². The van der Waals surface area contributed by atoms with Gasteiger partial charge in [0.15, 0.2) is 0 Å². The van der Waals surface area contributed by atoms with Crippen molar-refractivity contribution in [2.45, 2.75) is 0 Å². The zero-order valence-electron chi connectivity index (χ0n) is 11.3. The van der Waals surface area contributed by atoms with E-state index in [1.807, 2.05) is 24.3 Å². The average molecular weight is 265 g/mol. The van der Waals surface area contributed by atoms with Crippen LogP contribution in [0.2, 0.25) is 0 Å². The van der Waals surface area contributed by atoms with Gasteiger partial charge in [-0.1, -0.05) is 0 Å². The zero-order valence-corrected chi connectivity index (χ0v) is 11.3. The summed E-state index contributed by atoms with van der Waals surface area (Å²) in [5.74, 6) is 0.909. The Morgan fingerprint density at radius 2 is 1.95 bits per heavy atom. The number of ether oxygens (including phenoxy) is 2. The highest BCUT2D eigenvalue weighted by Crippen LogP contribution is 2.15. The quantitative estimate of drug-likeness (QED) is 0.762. The molecule has 0 aromatic heterocycles. The Morgan fingerprint density at radius 1 is 1.21 bits per heavy atom. The first-order valence-electron chi connectivity index (χ1n) is 6.85. The number of hydrogen-bond donors (Lipinski definition) is 2. The molecule has 0 spiro atoms. The number of nitrogens with one attached hydrogen (secondary N) is 1. The molecule has 1 fully saturated rings. The van der Waals surface area contributed by atoms with E-state index in [1.165, 1.54) is 0 Å². The van der Waals surface area contributed by atoms with Gasteiger partial charge in [-0.15, -0.1) is 0 Å². The molecule has 1 aromatic carbocycles. The van der Waals surface area contributed by atoms with E-state index in [9.17, 15) is 0 Å². The highest BCUT2D eigenvalue weighted by atomic mass is 16.5. The van der Waals surface area contributed by atoms with Gasteiger partial charge in [-0.05, 0) is 24.3 Å². The first-order valence-corrected chi connectivity index (χ1v) is 6.85. The summed E-state index contributed by atoms with van der Waals surface area (Å²) < 4.78 is 11.0. The molecule has 2 rings (SSSR count). The van der Waals surface area contributed by atoms with Crippen LogP contribution in [0.3, 0.4) is 0 Å². The van der Waals surface area contributed by atoms with Gasteiger partial charge in [0.1, 0.15) is 12.4 Å². The minimum Gasteiger partial charge on any atom is -0.492 e. The van der Waals surface area contributed by atoms with E-state index in [4.69, 9.17) is 15.2 Å². The Kier molecular flexibility index (Phi) is 5.94. The fourth-order valence-corrected chi connectivity index (χ4v) is 2.00. The van der Waals surface area contributed by atoms with Crippen LogP contribution in [-0.2, 0) is 4.74 Å². The summed E-state index contributed by atoms with van der Waals surface area (Å²) >= 11 is 0. The fourth-order valence-electron chi connectivity index (χ4n) is 2.00. The van der Waals surface area contributed by atoms with Gasteiger partial charge >= 0.3 is 0 Å². The maximum absolute atomic E-state index is 5.73. The van der Waals surface area contributed by atoms with Gasteiger partial charge in [-0.25, -0.2) is 0 Å². The van der Waals surface area contributed by atoms with E-state index in [0.29, 0.717) is 6.54 Å². The van der Waals surface area contributed by atoms with Crippen molar-refractivity contribution in [2.75, 3.05) is 57.9 Å². The van der Waals surface area contributed by atoms with E-state index < -0.39 is 0 Å². The predicted octanol–water partition coefficient (Wildman–Crippen LogP) is 0.768. The lowest BCUT2D eigenvalue weighted by Crippen LogP contribution is -2.38. The average Bonchev–Trinajstić information content (AvgIpc) is 2.47. The van der Waals surface area contributed by atoms with Crippen molar-refractivity contribution in [3.05, 3.63) is 24.3 Å². The third-order valence-corrected chi connectivity index (χ3v) is 3.11. The van der Waals surface area contributed by atoms with Crippen molar-refractivity contribution in [1.29, 1.82) is 0 Å². The second-order valence-electron chi connectivity index (χ2n) is 4.54. The summed E-state index contributed by atoms with van der Waals surface area (Å²) in [6.45, 7) is 6.78. The molecule has 5 nitrogen and oxygen atoms in total. The SMILES string of the molecule is NCCNc1ccc(OCCN2CCOCC2)cc1. The summed E-state index contributed by atoms with van der Waals surface area (Å²) in [6.07, 6.45) is 0. The summed E-state index contributed by atoms with van der Waals surface area (Å²) in [4.78, 5) is 2.36. The molecule has 1 aliphatic rings. The largest absolute Gasteiger partial charge is 0.492 e. The van der Waals surface area contributed by atoms with Gasteiger partial charge in [0.05, 0.1) is 13.2 Å². The monoisotopic (exact) mass is 265 g/mol. The Bertz CT molecular complexity index is 350. The maximum atomic E-state index is 5.73. The topological polar surface area (TPSA) is 59.8 Å². The number of nitrogens with two attached hydrogens (primary N) is 1. The summed E-state index contributed by atoms with van der Waals surface area (Å²) in [5.41, 5.74) is 6.52. The summed E-state index contributed by atoms with van der Waals surface area (Å²) in [6, 6.07) is 8.00. The van der Waals surface area contributed by atoms with Crippen LogP contribution < -0.4 is 15.8 Å². The summed E-state index contributed by atoms with van der Waals surface area (Å²) in [7, 11) is 0. The first-order chi connectivity index (χ1) is 9.38.